The fraction of sp³-hybridized carbons (Fsp3) is 0.182. The molecule has 2 rings (SSSR count). The molecule has 2 N–H and O–H groups in total. The minimum atomic E-state index is -4.64. The van der Waals surface area contributed by atoms with Gasteiger partial charge in [-0.2, -0.15) is 18.3 Å². The number of nitrogen functional groups attached to an aromatic ring is 1. The Kier molecular flexibility index (Phi) is 5.60. The summed E-state index contributed by atoms with van der Waals surface area (Å²) in [5.41, 5.74) is 4.61. The fourth-order valence-corrected chi connectivity index (χ4v) is 3.78. The lowest BCUT2D eigenvalue weighted by Crippen LogP contribution is -2.14. The minimum absolute atomic E-state index is 0.128. The first-order chi connectivity index (χ1) is 10.8. The topological polar surface area (TPSA) is 60.9 Å². The summed E-state index contributed by atoms with van der Waals surface area (Å²) in [7, 11) is -2.18. The third-order valence-electron chi connectivity index (χ3n) is 2.74. The van der Waals surface area contributed by atoms with Gasteiger partial charge in [-0.15, -0.1) is 0 Å². The van der Waals surface area contributed by atoms with Crippen molar-refractivity contribution < 1.29 is 17.4 Å². The van der Waals surface area contributed by atoms with E-state index in [1.54, 1.807) is 0 Å². The molecule has 0 fully saturated rings. The number of nitrogens with two attached hydrogens (primary N) is 1. The van der Waals surface area contributed by atoms with Crippen LogP contribution in [0, 0.1) is 0 Å². The summed E-state index contributed by atoms with van der Waals surface area (Å²) in [6, 6.07) is 1.32. The van der Waals surface area contributed by atoms with Crippen LogP contribution in [0.15, 0.2) is 23.2 Å². The van der Waals surface area contributed by atoms with Crippen LogP contribution >= 0.6 is 58.0 Å². The molecule has 1 aromatic heterocycles. The number of anilines is 1. The van der Waals surface area contributed by atoms with Crippen LogP contribution in [0.3, 0.4) is 0 Å². The molecular formula is C11H5Cl5F3N3OS. The number of hydrogen-bond donors (Lipinski definition) is 1. The van der Waals surface area contributed by atoms with E-state index in [2.05, 4.69) is 5.10 Å². The zero-order valence-electron chi connectivity index (χ0n) is 11.0. The van der Waals surface area contributed by atoms with Gasteiger partial charge in [-0.1, -0.05) is 58.0 Å². The molecule has 0 aliphatic carbocycles. The molecule has 0 radical (unpaired) electrons. The van der Waals surface area contributed by atoms with Gasteiger partial charge in [0.1, 0.15) is 27.2 Å². The molecule has 1 atom stereocenters. The number of nitrogens with zero attached hydrogens (tertiary/aromatic N) is 2. The molecule has 13 heteroatoms. The summed E-state index contributed by atoms with van der Waals surface area (Å²) in [6.07, 6.45) is -3.60. The van der Waals surface area contributed by atoms with Crippen molar-refractivity contribution in [3.8, 4) is 5.69 Å². The normalized spacial score (nSPS) is 14.0. The van der Waals surface area contributed by atoms with E-state index in [0.29, 0.717) is 12.1 Å². The van der Waals surface area contributed by atoms with Crippen LogP contribution in [-0.4, -0.2) is 17.1 Å². The second kappa shape index (κ2) is 6.74. The summed E-state index contributed by atoms with van der Waals surface area (Å²) in [5, 5.41) is 3.08. The maximum absolute atomic E-state index is 12.8. The van der Waals surface area contributed by atoms with Crippen molar-refractivity contribution in [2.24, 2.45) is 0 Å². The van der Waals surface area contributed by atoms with Gasteiger partial charge in [0.05, 0.1) is 21.8 Å². The molecule has 0 aliphatic heterocycles. The van der Waals surface area contributed by atoms with Crippen molar-refractivity contribution in [3.05, 3.63) is 33.9 Å². The molecule has 0 saturated carbocycles. The van der Waals surface area contributed by atoms with Crippen molar-refractivity contribution in [1.82, 2.24) is 9.78 Å². The van der Waals surface area contributed by atoms with Crippen molar-refractivity contribution in [1.29, 1.82) is 0 Å². The summed E-state index contributed by atoms with van der Waals surface area (Å²) in [4.78, 5) is -0.137. The highest BCUT2D eigenvalue weighted by Gasteiger charge is 2.35. The third-order valence-corrected chi connectivity index (χ3v) is 5.71. The average molecular weight is 462 g/mol. The predicted molar refractivity (Wildman–Crippen MR) is 89.7 cm³/mol. The van der Waals surface area contributed by atoms with E-state index in [4.69, 9.17) is 63.7 Å². The Bertz CT molecular complexity index is 795. The SMILES string of the molecule is Nc1c(S(=O)C(Cl)(Cl)Cl)cnn1-c1c(Cl)cc(C(F)(F)F)cc1Cl. The van der Waals surface area contributed by atoms with E-state index in [1.165, 1.54) is 0 Å². The molecule has 0 aliphatic rings. The zero-order valence-corrected chi connectivity index (χ0v) is 15.6. The van der Waals surface area contributed by atoms with Gasteiger partial charge < -0.3 is 5.73 Å². The smallest absolute Gasteiger partial charge is 0.383 e. The fourth-order valence-electron chi connectivity index (χ4n) is 1.72. The highest BCUT2D eigenvalue weighted by Crippen LogP contribution is 2.40. The second-order valence-electron chi connectivity index (χ2n) is 4.31. The van der Waals surface area contributed by atoms with Gasteiger partial charge in [-0.05, 0) is 12.1 Å². The Morgan fingerprint density at radius 3 is 2.04 bits per heavy atom. The lowest BCUT2D eigenvalue weighted by Gasteiger charge is -2.14. The number of alkyl halides is 6. The van der Waals surface area contributed by atoms with Gasteiger partial charge in [0.2, 0.25) is 0 Å². The molecule has 0 spiro atoms. The maximum atomic E-state index is 12.8. The Balaban J connectivity index is 2.59. The van der Waals surface area contributed by atoms with Crippen LogP contribution in [0.4, 0.5) is 19.0 Å². The third kappa shape index (κ3) is 3.89. The standard InChI is InChI=1S/C11H5Cl5F3N3OS/c12-5-1-4(10(17,18)19)2-6(13)8(5)22-9(20)7(3-21-22)24(23)11(14,15)16/h1-3H,20H2. The number of aromatic nitrogens is 2. The number of hydrogen-bond acceptors (Lipinski definition) is 3. The number of rotatable bonds is 2. The molecule has 4 nitrogen and oxygen atoms in total. The molecule has 0 saturated heterocycles. The first kappa shape index (κ1) is 19.9. The quantitative estimate of drug-likeness (QED) is 0.624. The molecule has 1 heterocycles. The van der Waals surface area contributed by atoms with Gasteiger partial charge in [0.25, 0.3) is 3.12 Å². The Morgan fingerprint density at radius 1 is 1.12 bits per heavy atom. The molecule has 0 bridgehead atoms. The van der Waals surface area contributed by atoms with Gasteiger partial charge >= 0.3 is 6.18 Å². The average Bonchev–Trinajstić information content (AvgIpc) is 2.77. The lowest BCUT2D eigenvalue weighted by molar-refractivity contribution is -0.137. The van der Waals surface area contributed by atoms with Crippen molar-refractivity contribution in [2.75, 3.05) is 5.73 Å². The molecule has 2 aromatic rings. The van der Waals surface area contributed by atoms with Gasteiger partial charge in [0, 0.05) is 0 Å². The van der Waals surface area contributed by atoms with Crippen molar-refractivity contribution in [2.45, 2.75) is 14.2 Å². The van der Waals surface area contributed by atoms with Crippen LogP contribution < -0.4 is 5.73 Å². The molecule has 1 unspecified atom stereocenters. The first-order valence-corrected chi connectivity index (χ1v) is 8.76. The maximum Gasteiger partial charge on any atom is 0.416 e. The van der Waals surface area contributed by atoms with Gasteiger partial charge in [-0.25, -0.2) is 8.89 Å². The van der Waals surface area contributed by atoms with Crippen LogP contribution in [0.25, 0.3) is 5.69 Å². The zero-order chi connectivity index (χ0) is 18.4. The van der Waals surface area contributed by atoms with Crippen molar-refractivity contribution >= 4 is 74.6 Å². The lowest BCUT2D eigenvalue weighted by atomic mass is 10.2. The van der Waals surface area contributed by atoms with E-state index in [9.17, 15) is 17.4 Å². The van der Waals surface area contributed by atoms with E-state index in [-0.39, 0.29) is 26.4 Å². The largest absolute Gasteiger partial charge is 0.416 e. The highest BCUT2D eigenvalue weighted by atomic mass is 35.6. The van der Waals surface area contributed by atoms with E-state index in [1.807, 2.05) is 0 Å². The molecular weight excluding hydrogens is 456 g/mol. The second-order valence-corrected chi connectivity index (χ2v) is 9.66. The Morgan fingerprint density at radius 2 is 1.62 bits per heavy atom. The predicted octanol–water partition coefficient (Wildman–Crippen LogP) is 5.22. The monoisotopic (exact) mass is 459 g/mol. The van der Waals surface area contributed by atoms with E-state index >= 15 is 0 Å². The number of halogens is 8. The molecule has 132 valence electrons. The summed E-state index contributed by atoms with van der Waals surface area (Å²) in [6.45, 7) is 0. The van der Waals surface area contributed by atoms with E-state index in [0.717, 1.165) is 10.9 Å². The highest BCUT2D eigenvalue weighted by molar-refractivity contribution is 7.91. The van der Waals surface area contributed by atoms with Crippen LogP contribution in [0.1, 0.15) is 5.56 Å². The molecule has 1 aromatic carbocycles. The van der Waals surface area contributed by atoms with Crippen LogP contribution in [0.5, 0.6) is 0 Å². The van der Waals surface area contributed by atoms with Crippen LogP contribution in [-0.2, 0) is 17.0 Å². The summed E-state index contributed by atoms with van der Waals surface area (Å²) < 4.78 is 49.1. The Hall–Kier alpha value is -0.380. The Labute approximate surface area is 161 Å². The first-order valence-electron chi connectivity index (χ1n) is 5.72. The molecule has 24 heavy (non-hydrogen) atoms. The minimum Gasteiger partial charge on any atom is -0.383 e. The van der Waals surface area contributed by atoms with Gasteiger partial charge in [-0.3, -0.25) is 0 Å². The number of benzene rings is 1. The summed E-state index contributed by atoms with van der Waals surface area (Å²) >= 11 is 28.4. The molecule has 0 amide bonds. The van der Waals surface area contributed by atoms with Crippen LogP contribution in [0.2, 0.25) is 10.0 Å². The van der Waals surface area contributed by atoms with Crippen molar-refractivity contribution in [3.63, 3.8) is 0 Å². The van der Waals surface area contributed by atoms with Gasteiger partial charge in [0.15, 0.2) is 0 Å². The van der Waals surface area contributed by atoms with E-state index < -0.39 is 25.7 Å². The summed E-state index contributed by atoms with van der Waals surface area (Å²) in [5.74, 6) is -0.247.